The molecule has 1 amide bonds. The molecule has 0 spiro atoms. The highest BCUT2D eigenvalue weighted by Crippen LogP contribution is 2.20. The van der Waals surface area contributed by atoms with E-state index in [1.54, 1.807) is 24.3 Å². The summed E-state index contributed by atoms with van der Waals surface area (Å²) in [7, 11) is 0. The van der Waals surface area contributed by atoms with Gasteiger partial charge in [0.05, 0.1) is 18.9 Å². The average molecular weight is 327 g/mol. The number of para-hydroxylation sites is 1. The molecule has 0 aliphatic heterocycles. The molecule has 0 heterocycles. The quantitative estimate of drug-likeness (QED) is 0.818. The fraction of sp³-hybridized carbons (Fsp3) is 0.263. The van der Waals surface area contributed by atoms with Crippen LogP contribution in [0.15, 0.2) is 48.5 Å². The van der Waals surface area contributed by atoms with Crippen LogP contribution in [-0.4, -0.2) is 23.1 Å². The maximum atomic E-state index is 12.3. The Morgan fingerprint density at radius 3 is 2.54 bits per heavy atom. The SMILES string of the molecule is CC(C)Oc1ccccc1CC(=O)Nc1cccc(CC(=O)O)c1. The van der Waals surface area contributed by atoms with E-state index in [1.165, 1.54) is 0 Å². The number of anilines is 1. The number of aliphatic carboxylic acids is 1. The molecule has 126 valence electrons. The lowest BCUT2D eigenvalue weighted by Gasteiger charge is -2.14. The van der Waals surface area contributed by atoms with Crippen molar-refractivity contribution >= 4 is 17.6 Å². The van der Waals surface area contributed by atoms with Gasteiger partial charge in [-0.05, 0) is 37.6 Å². The molecule has 0 aromatic heterocycles. The van der Waals surface area contributed by atoms with Crippen molar-refractivity contribution in [1.29, 1.82) is 0 Å². The minimum absolute atomic E-state index is 0.0295. The number of carbonyl (C=O) groups is 2. The van der Waals surface area contributed by atoms with E-state index in [0.717, 1.165) is 5.56 Å². The maximum Gasteiger partial charge on any atom is 0.307 e. The van der Waals surface area contributed by atoms with Gasteiger partial charge < -0.3 is 15.2 Å². The van der Waals surface area contributed by atoms with Gasteiger partial charge in [-0.25, -0.2) is 0 Å². The van der Waals surface area contributed by atoms with Crippen LogP contribution in [0.1, 0.15) is 25.0 Å². The van der Waals surface area contributed by atoms with Gasteiger partial charge in [0, 0.05) is 11.3 Å². The van der Waals surface area contributed by atoms with Crippen LogP contribution in [0, 0.1) is 0 Å². The second kappa shape index (κ2) is 8.15. The molecule has 2 aromatic carbocycles. The van der Waals surface area contributed by atoms with Gasteiger partial charge >= 0.3 is 5.97 Å². The van der Waals surface area contributed by atoms with Gasteiger partial charge in [0.2, 0.25) is 5.91 Å². The number of hydrogen-bond acceptors (Lipinski definition) is 3. The van der Waals surface area contributed by atoms with E-state index in [1.807, 2.05) is 38.1 Å². The number of benzene rings is 2. The minimum atomic E-state index is -0.904. The highest BCUT2D eigenvalue weighted by molar-refractivity contribution is 5.92. The standard InChI is InChI=1S/C19H21NO4/c1-13(2)24-17-9-4-3-7-15(17)12-18(21)20-16-8-5-6-14(10-16)11-19(22)23/h3-10,13H,11-12H2,1-2H3,(H,20,21)(H,22,23). The number of rotatable bonds is 7. The van der Waals surface area contributed by atoms with Crippen molar-refractivity contribution in [2.24, 2.45) is 0 Å². The smallest absolute Gasteiger partial charge is 0.307 e. The highest BCUT2D eigenvalue weighted by atomic mass is 16.5. The molecule has 0 fully saturated rings. The molecule has 2 aromatic rings. The summed E-state index contributed by atoms with van der Waals surface area (Å²) in [4.78, 5) is 23.0. The molecule has 0 unspecified atom stereocenters. The topological polar surface area (TPSA) is 75.6 Å². The Morgan fingerprint density at radius 1 is 1.08 bits per heavy atom. The summed E-state index contributed by atoms with van der Waals surface area (Å²) in [5.74, 6) is -0.386. The molecule has 5 heteroatoms. The Kier molecular flexibility index (Phi) is 5.95. The molecule has 0 aliphatic carbocycles. The Bertz CT molecular complexity index is 725. The minimum Gasteiger partial charge on any atom is -0.491 e. The number of carbonyl (C=O) groups excluding carboxylic acids is 1. The number of ether oxygens (including phenoxy) is 1. The molecule has 2 rings (SSSR count). The number of hydrogen-bond donors (Lipinski definition) is 2. The van der Waals surface area contributed by atoms with Crippen LogP contribution in [0.25, 0.3) is 0 Å². The van der Waals surface area contributed by atoms with Crippen LogP contribution in [0.4, 0.5) is 5.69 Å². The van der Waals surface area contributed by atoms with E-state index in [-0.39, 0.29) is 24.9 Å². The third-order valence-electron chi connectivity index (χ3n) is 3.25. The first kappa shape index (κ1) is 17.5. The molecule has 2 N–H and O–H groups in total. The Hall–Kier alpha value is -2.82. The zero-order valence-corrected chi connectivity index (χ0v) is 13.8. The van der Waals surface area contributed by atoms with Crippen LogP contribution >= 0.6 is 0 Å². The molecule has 0 atom stereocenters. The van der Waals surface area contributed by atoms with Gasteiger partial charge in [0.15, 0.2) is 0 Å². The first-order valence-electron chi connectivity index (χ1n) is 7.79. The van der Waals surface area contributed by atoms with E-state index in [4.69, 9.17) is 9.84 Å². The summed E-state index contributed by atoms with van der Waals surface area (Å²) in [6.45, 7) is 3.87. The Labute approximate surface area is 141 Å². The summed E-state index contributed by atoms with van der Waals surface area (Å²) in [5, 5.41) is 11.6. The molecular weight excluding hydrogens is 306 g/mol. The summed E-state index contributed by atoms with van der Waals surface area (Å²) < 4.78 is 5.71. The van der Waals surface area contributed by atoms with Crippen molar-refractivity contribution in [3.8, 4) is 5.75 Å². The van der Waals surface area contributed by atoms with Gasteiger partial charge in [0.25, 0.3) is 0 Å². The summed E-state index contributed by atoms with van der Waals surface area (Å²) in [6, 6.07) is 14.3. The fourth-order valence-corrected chi connectivity index (χ4v) is 2.33. The van der Waals surface area contributed by atoms with Gasteiger partial charge in [-0.1, -0.05) is 30.3 Å². The van der Waals surface area contributed by atoms with Gasteiger partial charge in [0.1, 0.15) is 5.75 Å². The largest absolute Gasteiger partial charge is 0.491 e. The first-order chi connectivity index (χ1) is 11.4. The molecule has 0 aliphatic rings. The zero-order chi connectivity index (χ0) is 17.5. The molecule has 0 saturated heterocycles. The van der Waals surface area contributed by atoms with E-state index >= 15 is 0 Å². The number of carboxylic acids is 1. The fourth-order valence-electron chi connectivity index (χ4n) is 2.33. The lowest BCUT2D eigenvalue weighted by molar-refractivity contribution is -0.136. The van der Waals surface area contributed by atoms with Crippen molar-refractivity contribution in [1.82, 2.24) is 0 Å². The van der Waals surface area contributed by atoms with Gasteiger partial charge in [-0.2, -0.15) is 0 Å². The predicted octanol–water partition coefficient (Wildman–Crippen LogP) is 3.28. The number of carboxylic acid groups (broad SMARTS) is 1. The molecule has 24 heavy (non-hydrogen) atoms. The number of amides is 1. The predicted molar refractivity (Wildman–Crippen MR) is 92.3 cm³/mol. The van der Waals surface area contributed by atoms with Crippen LogP contribution < -0.4 is 10.1 Å². The third-order valence-corrected chi connectivity index (χ3v) is 3.25. The van der Waals surface area contributed by atoms with Crippen LogP contribution in [0.3, 0.4) is 0 Å². The summed E-state index contributed by atoms with van der Waals surface area (Å²) in [6.07, 6.45) is 0.141. The third kappa shape index (κ3) is 5.43. The van der Waals surface area contributed by atoms with Gasteiger partial charge in [-0.15, -0.1) is 0 Å². The second-order valence-electron chi connectivity index (χ2n) is 5.77. The molecule has 0 saturated carbocycles. The van der Waals surface area contributed by atoms with E-state index in [9.17, 15) is 9.59 Å². The molecule has 5 nitrogen and oxygen atoms in total. The average Bonchev–Trinajstić information content (AvgIpc) is 2.48. The van der Waals surface area contributed by atoms with Crippen LogP contribution in [0.2, 0.25) is 0 Å². The van der Waals surface area contributed by atoms with Crippen molar-refractivity contribution in [3.05, 3.63) is 59.7 Å². The van der Waals surface area contributed by atoms with Gasteiger partial charge in [-0.3, -0.25) is 9.59 Å². The van der Waals surface area contributed by atoms with Crippen molar-refractivity contribution in [2.45, 2.75) is 32.8 Å². The molecule has 0 radical (unpaired) electrons. The lowest BCUT2D eigenvalue weighted by atomic mass is 10.1. The van der Waals surface area contributed by atoms with Crippen LogP contribution in [-0.2, 0) is 22.4 Å². The Morgan fingerprint density at radius 2 is 1.83 bits per heavy atom. The van der Waals surface area contributed by atoms with Crippen molar-refractivity contribution < 1.29 is 19.4 Å². The lowest BCUT2D eigenvalue weighted by Crippen LogP contribution is -2.16. The summed E-state index contributed by atoms with van der Waals surface area (Å²) >= 11 is 0. The van der Waals surface area contributed by atoms with E-state index in [0.29, 0.717) is 17.0 Å². The van der Waals surface area contributed by atoms with E-state index < -0.39 is 5.97 Å². The normalized spacial score (nSPS) is 10.5. The zero-order valence-electron chi connectivity index (χ0n) is 13.8. The molecular formula is C19H21NO4. The maximum absolute atomic E-state index is 12.3. The van der Waals surface area contributed by atoms with Crippen molar-refractivity contribution in [2.75, 3.05) is 5.32 Å². The van der Waals surface area contributed by atoms with E-state index in [2.05, 4.69) is 5.32 Å². The molecule has 0 bridgehead atoms. The van der Waals surface area contributed by atoms with Crippen LogP contribution in [0.5, 0.6) is 5.75 Å². The highest BCUT2D eigenvalue weighted by Gasteiger charge is 2.11. The monoisotopic (exact) mass is 327 g/mol. The summed E-state index contributed by atoms with van der Waals surface area (Å²) in [5.41, 5.74) is 2.04. The second-order valence-corrected chi connectivity index (χ2v) is 5.77. The number of nitrogens with one attached hydrogen (secondary N) is 1. The van der Waals surface area contributed by atoms with Crippen molar-refractivity contribution in [3.63, 3.8) is 0 Å². The first-order valence-corrected chi connectivity index (χ1v) is 7.79. The Balaban J connectivity index is 2.05.